The van der Waals surface area contributed by atoms with Crippen LogP contribution < -0.4 is 10.4 Å². The van der Waals surface area contributed by atoms with Crippen LogP contribution in [0.5, 0.6) is 0 Å². The van der Waals surface area contributed by atoms with Crippen LogP contribution in [0.3, 0.4) is 0 Å². The van der Waals surface area contributed by atoms with E-state index >= 15 is 0 Å². The number of hydrogen-bond donors (Lipinski definition) is 1. The molecule has 0 aliphatic carbocycles. The molecule has 1 aromatic carbocycles. The van der Waals surface area contributed by atoms with E-state index in [4.69, 9.17) is 5.26 Å². The topological polar surface area (TPSA) is 102 Å². The first-order valence-electron chi connectivity index (χ1n) is 4.85. The van der Waals surface area contributed by atoms with Gasteiger partial charge < -0.3 is 20.0 Å². The van der Waals surface area contributed by atoms with Gasteiger partial charge in [0.1, 0.15) is 11.8 Å². The molecule has 0 saturated carbocycles. The molecule has 6 nitrogen and oxygen atoms in total. The van der Waals surface area contributed by atoms with Gasteiger partial charge in [-0.3, -0.25) is 0 Å². The first-order chi connectivity index (χ1) is 8.58. The van der Waals surface area contributed by atoms with Gasteiger partial charge in [0, 0.05) is 0 Å². The lowest BCUT2D eigenvalue weighted by molar-refractivity contribution is -0.297. The maximum Gasteiger partial charge on any atom is 0.354 e. The second-order valence-corrected chi connectivity index (χ2v) is 3.15. The number of hydrogen-bond acceptors (Lipinski definition) is 6. The minimum atomic E-state index is -1.54. The molecular formula is C12H9N2O4-. The summed E-state index contributed by atoms with van der Waals surface area (Å²) in [6.45, 7) is 0. The van der Waals surface area contributed by atoms with Crippen LogP contribution in [0.1, 0.15) is 5.56 Å². The molecule has 0 spiro atoms. The van der Waals surface area contributed by atoms with Crippen LogP contribution in [-0.2, 0) is 14.3 Å². The van der Waals surface area contributed by atoms with Gasteiger partial charge in [-0.1, -0.05) is 12.1 Å². The van der Waals surface area contributed by atoms with Gasteiger partial charge in [0.05, 0.1) is 24.3 Å². The smallest absolute Gasteiger partial charge is 0.354 e. The van der Waals surface area contributed by atoms with Crippen LogP contribution in [0, 0.1) is 11.3 Å². The van der Waals surface area contributed by atoms with Crippen molar-refractivity contribution in [1.82, 2.24) is 0 Å². The molecule has 0 bridgehead atoms. The molecule has 0 aromatic heterocycles. The number of para-hydroxylation sites is 1. The van der Waals surface area contributed by atoms with Gasteiger partial charge in [-0.15, -0.1) is 0 Å². The normalized spacial score (nSPS) is 10.3. The van der Waals surface area contributed by atoms with Gasteiger partial charge in [0.15, 0.2) is 0 Å². The molecule has 6 heteroatoms. The maximum atomic E-state index is 11.3. The van der Waals surface area contributed by atoms with E-state index in [1.165, 1.54) is 12.1 Å². The first kappa shape index (κ1) is 13.3. The lowest BCUT2D eigenvalue weighted by atomic mass is 10.2. The van der Waals surface area contributed by atoms with Crippen molar-refractivity contribution < 1.29 is 19.4 Å². The number of nitrogens with one attached hydrogen (secondary N) is 1. The molecular weight excluding hydrogens is 236 g/mol. The van der Waals surface area contributed by atoms with E-state index in [1.807, 2.05) is 6.07 Å². The van der Waals surface area contributed by atoms with Crippen molar-refractivity contribution in [1.29, 1.82) is 5.26 Å². The molecule has 0 amide bonds. The number of carbonyl (C=O) groups is 2. The largest absolute Gasteiger partial charge is 0.545 e. The number of methoxy groups -OCH3 is 1. The summed E-state index contributed by atoms with van der Waals surface area (Å²) < 4.78 is 4.42. The van der Waals surface area contributed by atoms with E-state index in [0.717, 1.165) is 7.11 Å². The minimum absolute atomic E-state index is 0.269. The van der Waals surface area contributed by atoms with E-state index in [1.54, 1.807) is 12.1 Å². The number of nitriles is 1. The third-order valence-electron chi connectivity index (χ3n) is 1.98. The fourth-order valence-electron chi connectivity index (χ4n) is 1.21. The number of rotatable bonds is 4. The molecule has 0 unspecified atom stereocenters. The summed E-state index contributed by atoms with van der Waals surface area (Å²) in [6, 6.07) is 8.24. The van der Waals surface area contributed by atoms with E-state index in [0.29, 0.717) is 11.8 Å². The maximum absolute atomic E-state index is 11.3. The zero-order chi connectivity index (χ0) is 13.5. The SMILES string of the molecule is COC(=O)C(=CC(=O)[O-])Nc1ccccc1C#N. The fourth-order valence-corrected chi connectivity index (χ4v) is 1.21. The minimum Gasteiger partial charge on any atom is -0.545 e. The summed E-state index contributed by atoms with van der Waals surface area (Å²) in [4.78, 5) is 21.8. The Morgan fingerprint density at radius 2 is 2.11 bits per heavy atom. The Morgan fingerprint density at radius 3 is 2.67 bits per heavy atom. The van der Waals surface area contributed by atoms with E-state index in [2.05, 4.69) is 10.1 Å². The molecule has 1 rings (SSSR count). The number of ether oxygens (including phenoxy) is 1. The van der Waals surface area contributed by atoms with Crippen molar-refractivity contribution in [3.63, 3.8) is 0 Å². The summed E-state index contributed by atoms with van der Waals surface area (Å²) in [5.41, 5.74) is 0.253. The van der Waals surface area contributed by atoms with Crippen molar-refractivity contribution in [3.8, 4) is 6.07 Å². The Morgan fingerprint density at radius 1 is 1.44 bits per heavy atom. The highest BCUT2D eigenvalue weighted by atomic mass is 16.5. The number of carboxylic acids is 1. The van der Waals surface area contributed by atoms with Crippen molar-refractivity contribution in [2.24, 2.45) is 0 Å². The molecule has 0 saturated heterocycles. The van der Waals surface area contributed by atoms with Crippen molar-refractivity contribution >= 4 is 17.6 Å². The molecule has 0 fully saturated rings. The average molecular weight is 245 g/mol. The Bertz CT molecular complexity index is 543. The summed E-state index contributed by atoms with van der Waals surface area (Å²) in [7, 11) is 1.11. The monoisotopic (exact) mass is 245 g/mol. The number of nitrogens with zero attached hydrogens (tertiary/aromatic N) is 1. The average Bonchev–Trinajstić information content (AvgIpc) is 2.37. The highest BCUT2D eigenvalue weighted by molar-refractivity contribution is 5.97. The fraction of sp³-hybridized carbons (Fsp3) is 0.0833. The Labute approximate surface area is 103 Å². The molecule has 0 aliphatic heterocycles. The number of carboxylic acid groups (broad SMARTS) is 1. The van der Waals surface area contributed by atoms with Crippen molar-refractivity contribution in [3.05, 3.63) is 41.6 Å². The van der Waals surface area contributed by atoms with Gasteiger partial charge in [-0.2, -0.15) is 5.26 Å². The third kappa shape index (κ3) is 3.35. The van der Waals surface area contributed by atoms with Gasteiger partial charge in [-0.25, -0.2) is 4.79 Å². The number of anilines is 1. The molecule has 1 N–H and O–H groups in total. The van der Waals surface area contributed by atoms with Gasteiger partial charge in [0.2, 0.25) is 0 Å². The van der Waals surface area contributed by atoms with Crippen LogP contribution in [0.4, 0.5) is 5.69 Å². The van der Waals surface area contributed by atoms with Crippen molar-refractivity contribution in [2.45, 2.75) is 0 Å². The number of aliphatic carboxylic acids is 1. The molecule has 0 heterocycles. The molecule has 0 aliphatic rings. The predicted octanol–water partition coefficient (Wildman–Crippen LogP) is -0.223. The number of benzene rings is 1. The standard InChI is InChI=1S/C12H10N2O4/c1-18-12(17)10(6-11(15)16)14-9-5-3-2-4-8(9)7-13/h2-6,14H,1H3,(H,15,16)/p-1. The van der Waals surface area contributed by atoms with Crippen LogP contribution in [-0.4, -0.2) is 19.0 Å². The lowest BCUT2D eigenvalue weighted by Crippen LogP contribution is -2.23. The molecule has 1 aromatic rings. The van der Waals surface area contributed by atoms with Crippen LogP contribution in [0.15, 0.2) is 36.0 Å². The van der Waals surface area contributed by atoms with Crippen LogP contribution in [0.25, 0.3) is 0 Å². The molecule has 0 atom stereocenters. The van der Waals surface area contributed by atoms with Gasteiger partial charge >= 0.3 is 5.97 Å². The van der Waals surface area contributed by atoms with E-state index in [-0.39, 0.29) is 11.3 Å². The van der Waals surface area contributed by atoms with Gasteiger partial charge in [0.25, 0.3) is 0 Å². The Kier molecular flexibility index (Phi) is 4.46. The Balaban J connectivity index is 3.08. The zero-order valence-corrected chi connectivity index (χ0v) is 9.47. The van der Waals surface area contributed by atoms with E-state index < -0.39 is 11.9 Å². The zero-order valence-electron chi connectivity index (χ0n) is 9.47. The quantitative estimate of drug-likeness (QED) is 0.581. The number of esters is 1. The number of carbonyl (C=O) groups excluding carboxylic acids is 2. The summed E-state index contributed by atoms with van der Waals surface area (Å²) >= 11 is 0. The highest BCUT2D eigenvalue weighted by Gasteiger charge is 2.11. The molecule has 0 radical (unpaired) electrons. The first-order valence-corrected chi connectivity index (χ1v) is 4.85. The lowest BCUT2D eigenvalue weighted by Gasteiger charge is -2.10. The van der Waals surface area contributed by atoms with Crippen molar-refractivity contribution in [2.75, 3.05) is 12.4 Å². The van der Waals surface area contributed by atoms with Crippen LogP contribution >= 0.6 is 0 Å². The highest BCUT2D eigenvalue weighted by Crippen LogP contribution is 2.16. The summed E-state index contributed by atoms with van der Waals surface area (Å²) in [6.07, 6.45) is 0.569. The molecule has 92 valence electrons. The second kappa shape index (κ2) is 6.06. The van der Waals surface area contributed by atoms with Gasteiger partial charge in [-0.05, 0) is 18.2 Å². The molecule has 18 heavy (non-hydrogen) atoms. The Hall–Kier alpha value is -2.81. The summed E-state index contributed by atoms with van der Waals surface area (Å²) in [5, 5.41) is 21.9. The van der Waals surface area contributed by atoms with Crippen LogP contribution in [0.2, 0.25) is 0 Å². The third-order valence-corrected chi connectivity index (χ3v) is 1.98. The second-order valence-electron chi connectivity index (χ2n) is 3.15. The van der Waals surface area contributed by atoms with E-state index in [9.17, 15) is 14.7 Å². The summed E-state index contributed by atoms with van der Waals surface area (Å²) in [5.74, 6) is -2.41. The predicted molar refractivity (Wildman–Crippen MR) is 59.9 cm³/mol.